The van der Waals surface area contributed by atoms with E-state index in [1.165, 1.54) is 5.57 Å². The molecule has 1 aliphatic heterocycles. The van der Waals surface area contributed by atoms with E-state index in [1.807, 2.05) is 12.1 Å². The summed E-state index contributed by atoms with van der Waals surface area (Å²) in [4.78, 5) is 15.9. The fourth-order valence-electron chi connectivity index (χ4n) is 3.38. The number of rotatable bonds is 3. The summed E-state index contributed by atoms with van der Waals surface area (Å²) in [6, 6.07) is 5.53. The molecule has 1 aromatic carbocycles. The molecule has 5 heteroatoms. The van der Waals surface area contributed by atoms with Crippen LogP contribution in [0.5, 0.6) is 0 Å². The predicted molar refractivity (Wildman–Crippen MR) is 87.6 cm³/mol. The highest BCUT2D eigenvalue weighted by Crippen LogP contribution is 2.31. The maximum absolute atomic E-state index is 11.5. The van der Waals surface area contributed by atoms with Gasteiger partial charge in [0.15, 0.2) is 0 Å². The van der Waals surface area contributed by atoms with Crippen LogP contribution < -0.4 is 11.1 Å². The zero-order chi connectivity index (χ0) is 16.1. The summed E-state index contributed by atoms with van der Waals surface area (Å²) >= 11 is 0. The molecule has 0 saturated heterocycles. The molecule has 116 valence electrons. The lowest BCUT2D eigenvalue weighted by Gasteiger charge is -2.28. The topological polar surface area (TPSA) is 72.9 Å². The summed E-state index contributed by atoms with van der Waals surface area (Å²) in [5, 5.41) is 3.61. The van der Waals surface area contributed by atoms with Crippen LogP contribution in [0.25, 0.3) is 11.0 Å². The van der Waals surface area contributed by atoms with E-state index < -0.39 is 5.91 Å². The van der Waals surface area contributed by atoms with Crippen LogP contribution in [0, 0.1) is 0 Å². The molecule has 0 atom stereocenters. The Morgan fingerprint density at radius 1 is 1.32 bits per heavy atom. The number of carbonyl (C=O) groups excluding carboxylic acids is 1. The third-order valence-corrected chi connectivity index (χ3v) is 4.23. The third kappa shape index (κ3) is 2.41. The summed E-state index contributed by atoms with van der Waals surface area (Å²) in [6.45, 7) is 9.43. The fraction of sp³-hybridized carbons (Fsp3) is 0.412. The molecule has 1 aromatic heterocycles. The van der Waals surface area contributed by atoms with E-state index in [9.17, 15) is 4.79 Å². The van der Waals surface area contributed by atoms with Crippen molar-refractivity contribution in [3.05, 3.63) is 41.7 Å². The van der Waals surface area contributed by atoms with Crippen molar-refractivity contribution in [3.63, 3.8) is 0 Å². The highest BCUT2D eigenvalue weighted by molar-refractivity contribution is 6.04. The molecular formula is C17H22N4O. The van der Waals surface area contributed by atoms with Crippen LogP contribution in [0.4, 0.5) is 0 Å². The van der Waals surface area contributed by atoms with Gasteiger partial charge in [-0.15, -0.1) is 0 Å². The van der Waals surface area contributed by atoms with Gasteiger partial charge in [0, 0.05) is 17.6 Å². The first-order valence-corrected chi connectivity index (χ1v) is 7.45. The number of imidazole rings is 1. The zero-order valence-corrected chi connectivity index (χ0v) is 13.5. The zero-order valence-electron chi connectivity index (χ0n) is 13.5. The van der Waals surface area contributed by atoms with E-state index in [2.05, 4.69) is 48.6 Å². The molecule has 0 bridgehead atoms. The lowest BCUT2D eigenvalue weighted by molar-refractivity contribution is 0.100. The molecule has 2 aromatic rings. The number of aromatic nitrogens is 2. The second-order valence-corrected chi connectivity index (χ2v) is 7.05. The standard InChI is InChI=1S/C17H22N4O/c1-16(2)8-11(17(3,4)20-16)9-21-10-19-14-12(15(18)22)6-5-7-13(14)21/h5-8,10,20H,9H2,1-4H3,(H2,18,22). The molecule has 0 fully saturated rings. The van der Waals surface area contributed by atoms with Crippen LogP contribution in [-0.4, -0.2) is 26.5 Å². The van der Waals surface area contributed by atoms with Gasteiger partial charge in [-0.25, -0.2) is 4.98 Å². The summed E-state index contributed by atoms with van der Waals surface area (Å²) < 4.78 is 2.07. The number of para-hydroxylation sites is 1. The minimum Gasteiger partial charge on any atom is -0.366 e. The van der Waals surface area contributed by atoms with Gasteiger partial charge >= 0.3 is 0 Å². The van der Waals surface area contributed by atoms with Crippen molar-refractivity contribution in [2.75, 3.05) is 0 Å². The quantitative estimate of drug-likeness (QED) is 0.853. The van der Waals surface area contributed by atoms with Crippen molar-refractivity contribution in [2.24, 2.45) is 5.73 Å². The van der Waals surface area contributed by atoms with Crippen LogP contribution in [-0.2, 0) is 6.54 Å². The number of nitrogens with two attached hydrogens (primary N) is 1. The highest BCUT2D eigenvalue weighted by Gasteiger charge is 2.36. The van der Waals surface area contributed by atoms with Gasteiger partial charge in [0.2, 0.25) is 0 Å². The Balaban J connectivity index is 2.03. The van der Waals surface area contributed by atoms with Gasteiger partial charge in [-0.05, 0) is 45.4 Å². The number of fused-ring (bicyclic) bond motifs is 1. The molecule has 0 spiro atoms. The average Bonchev–Trinajstić information content (AvgIpc) is 2.88. The van der Waals surface area contributed by atoms with Crippen molar-refractivity contribution in [2.45, 2.75) is 45.3 Å². The number of hydrogen-bond donors (Lipinski definition) is 2. The molecule has 1 aliphatic rings. The second-order valence-electron chi connectivity index (χ2n) is 7.05. The number of carbonyl (C=O) groups is 1. The first-order chi connectivity index (χ1) is 10.2. The van der Waals surface area contributed by atoms with Crippen molar-refractivity contribution in [1.82, 2.24) is 14.9 Å². The molecule has 3 rings (SSSR count). The maximum Gasteiger partial charge on any atom is 0.250 e. The van der Waals surface area contributed by atoms with Gasteiger partial charge < -0.3 is 10.3 Å². The molecule has 0 saturated carbocycles. The lowest BCUT2D eigenvalue weighted by atomic mass is 9.97. The van der Waals surface area contributed by atoms with Crippen molar-refractivity contribution in [1.29, 1.82) is 0 Å². The van der Waals surface area contributed by atoms with Gasteiger partial charge in [0.1, 0.15) is 5.52 Å². The monoisotopic (exact) mass is 298 g/mol. The molecule has 5 nitrogen and oxygen atoms in total. The van der Waals surface area contributed by atoms with Crippen LogP contribution in [0.3, 0.4) is 0 Å². The largest absolute Gasteiger partial charge is 0.366 e. The number of primary amides is 1. The molecule has 1 amide bonds. The maximum atomic E-state index is 11.5. The van der Waals surface area contributed by atoms with Gasteiger partial charge in [-0.1, -0.05) is 12.1 Å². The summed E-state index contributed by atoms with van der Waals surface area (Å²) in [5.41, 5.74) is 8.70. The number of nitrogens with zero attached hydrogens (tertiary/aromatic N) is 2. The molecular weight excluding hydrogens is 276 g/mol. The van der Waals surface area contributed by atoms with E-state index in [1.54, 1.807) is 12.4 Å². The second kappa shape index (κ2) is 4.68. The van der Waals surface area contributed by atoms with Crippen molar-refractivity contribution >= 4 is 16.9 Å². The SMILES string of the molecule is CC1(C)C=C(Cn2cnc3c(C(N)=O)cccc32)C(C)(C)N1. The number of hydrogen-bond acceptors (Lipinski definition) is 3. The van der Waals surface area contributed by atoms with Gasteiger partial charge in [0.05, 0.1) is 17.4 Å². The molecule has 22 heavy (non-hydrogen) atoms. The fourth-order valence-corrected chi connectivity index (χ4v) is 3.38. The Morgan fingerprint density at radius 2 is 2.05 bits per heavy atom. The minimum atomic E-state index is -0.445. The van der Waals surface area contributed by atoms with Crippen molar-refractivity contribution in [3.8, 4) is 0 Å². The molecule has 0 radical (unpaired) electrons. The van der Waals surface area contributed by atoms with Crippen LogP contribution >= 0.6 is 0 Å². The number of benzene rings is 1. The Kier molecular flexibility index (Phi) is 3.14. The van der Waals surface area contributed by atoms with Crippen LogP contribution in [0.1, 0.15) is 38.1 Å². The Bertz CT molecular complexity index is 783. The summed E-state index contributed by atoms with van der Waals surface area (Å²) in [6.07, 6.45) is 4.05. The lowest BCUT2D eigenvalue weighted by Crippen LogP contribution is -2.46. The van der Waals surface area contributed by atoms with E-state index in [0.717, 1.165) is 12.1 Å². The van der Waals surface area contributed by atoms with E-state index >= 15 is 0 Å². The third-order valence-electron chi connectivity index (χ3n) is 4.23. The first-order valence-electron chi connectivity index (χ1n) is 7.45. The van der Waals surface area contributed by atoms with Gasteiger partial charge in [-0.3, -0.25) is 10.1 Å². The smallest absolute Gasteiger partial charge is 0.250 e. The molecule has 2 heterocycles. The number of amides is 1. The highest BCUT2D eigenvalue weighted by atomic mass is 16.1. The van der Waals surface area contributed by atoms with Crippen LogP contribution in [0.15, 0.2) is 36.2 Å². The van der Waals surface area contributed by atoms with E-state index in [-0.39, 0.29) is 11.1 Å². The summed E-state index contributed by atoms with van der Waals surface area (Å²) in [7, 11) is 0. The Labute approximate surface area is 130 Å². The molecule has 0 unspecified atom stereocenters. The first kappa shape index (κ1) is 14.8. The normalized spacial score (nSPS) is 19.4. The Hall–Kier alpha value is -2.14. The van der Waals surface area contributed by atoms with E-state index in [4.69, 9.17) is 5.73 Å². The van der Waals surface area contributed by atoms with Crippen LogP contribution in [0.2, 0.25) is 0 Å². The summed E-state index contributed by atoms with van der Waals surface area (Å²) in [5.74, 6) is -0.445. The molecule has 0 aliphatic carbocycles. The minimum absolute atomic E-state index is 0.0202. The average molecular weight is 298 g/mol. The van der Waals surface area contributed by atoms with Gasteiger partial charge in [0.25, 0.3) is 5.91 Å². The predicted octanol–water partition coefficient (Wildman–Crippen LogP) is 2.22. The molecule has 3 N–H and O–H groups in total. The van der Waals surface area contributed by atoms with Gasteiger partial charge in [-0.2, -0.15) is 0 Å². The number of nitrogens with one attached hydrogen (secondary N) is 1. The van der Waals surface area contributed by atoms with E-state index in [0.29, 0.717) is 11.1 Å². The van der Waals surface area contributed by atoms with Crippen molar-refractivity contribution < 1.29 is 4.79 Å². The Morgan fingerprint density at radius 3 is 2.64 bits per heavy atom.